The van der Waals surface area contributed by atoms with Crippen LogP contribution in [0.2, 0.25) is 0 Å². The number of nitrogens with zero attached hydrogens (tertiary/aromatic N) is 2. The number of carbonyl (C=O) groups is 1. The number of benzene rings is 1. The first-order valence-electron chi connectivity index (χ1n) is 7.55. The number of alkyl halides is 2. The van der Waals surface area contributed by atoms with E-state index in [-0.39, 0.29) is 33.7 Å². The molecule has 0 radical (unpaired) electrons. The number of esters is 1. The molecule has 1 atom stereocenters. The van der Waals surface area contributed by atoms with Crippen LogP contribution >= 0.6 is 11.8 Å². The number of nitrogens with one attached hydrogen (secondary N) is 1. The molecule has 0 amide bonds. The van der Waals surface area contributed by atoms with Crippen molar-refractivity contribution in [3.63, 3.8) is 0 Å². The number of hydrogen-bond acceptors (Lipinski definition) is 6. The van der Waals surface area contributed by atoms with E-state index in [1.54, 1.807) is 24.3 Å². The second-order valence-corrected chi connectivity index (χ2v) is 6.23. The van der Waals surface area contributed by atoms with E-state index >= 15 is 0 Å². The lowest BCUT2D eigenvalue weighted by molar-refractivity contribution is 0.0315. The first kappa shape index (κ1) is 18.0. The van der Waals surface area contributed by atoms with Crippen LogP contribution in [0.5, 0.6) is 0 Å². The lowest BCUT2D eigenvalue weighted by Crippen LogP contribution is -2.18. The van der Waals surface area contributed by atoms with Gasteiger partial charge in [-0.25, -0.2) is 14.8 Å². The number of halogens is 2. The zero-order chi connectivity index (χ0) is 18.7. The Morgan fingerprint density at radius 2 is 2.00 bits per heavy atom. The van der Waals surface area contributed by atoms with Crippen LogP contribution in [0, 0.1) is 0 Å². The quantitative estimate of drug-likeness (QED) is 0.541. The van der Waals surface area contributed by atoms with Gasteiger partial charge in [-0.05, 0) is 43.0 Å². The number of pyridine rings is 1. The van der Waals surface area contributed by atoms with Gasteiger partial charge in [0.25, 0.3) is 11.3 Å². The van der Waals surface area contributed by atoms with Crippen LogP contribution in [-0.2, 0) is 4.74 Å². The van der Waals surface area contributed by atoms with Crippen molar-refractivity contribution >= 4 is 28.6 Å². The summed E-state index contributed by atoms with van der Waals surface area (Å²) < 4.78 is 30.5. The van der Waals surface area contributed by atoms with Crippen molar-refractivity contribution < 1.29 is 18.3 Å². The molecule has 0 unspecified atom stereocenters. The number of para-hydroxylation sites is 1. The minimum atomic E-state index is -2.72. The molecule has 2 aromatic heterocycles. The van der Waals surface area contributed by atoms with E-state index in [0.717, 1.165) is 0 Å². The average molecular weight is 377 g/mol. The molecule has 0 bridgehead atoms. The summed E-state index contributed by atoms with van der Waals surface area (Å²) >= 11 is 0.162. The highest BCUT2D eigenvalue weighted by atomic mass is 32.2. The van der Waals surface area contributed by atoms with Gasteiger partial charge in [0.15, 0.2) is 11.9 Å². The number of rotatable bonds is 5. The predicted octanol–water partition coefficient (Wildman–Crippen LogP) is 3.55. The largest absolute Gasteiger partial charge is 0.451 e. The summed E-state index contributed by atoms with van der Waals surface area (Å²) in [5.41, 5.74) is 0.0288. The topological polar surface area (TPSA) is 84.9 Å². The van der Waals surface area contributed by atoms with Crippen molar-refractivity contribution in [2.75, 3.05) is 0 Å². The molecule has 1 aromatic carbocycles. The van der Waals surface area contributed by atoms with E-state index in [2.05, 4.69) is 15.0 Å². The highest BCUT2D eigenvalue weighted by molar-refractivity contribution is 7.99. The minimum Gasteiger partial charge on any atom is -0.451 e. The van der Waals surface area contributed by atoms with Crippen molar-refractivity contribution in [1.82, 2.24) is 15.0 Å². The van der Waals surface area contributed by atoms with E-state index in [4.69, 9.17) is 4.74 Å². The number of aromatic amines is 1. The predicted molar refractivity (Wildman–Crippen MR) is 92.3 cm³/mol. The van der Waals surface area contributed by atoms with Gasteiger partial charge in [0.2, 0.25) is 0 Å². The van der Waals surface area contributed by atoms with E-state index < -0.39 is 17.8 Å². The van der Waals surface area contributed by atoms with Gasteiger partial charge in [0.1, 0.15) is 5.03 Å². The molecule has 3 aromatic rings. The van der Waals surface area contributed by atoms with Gasteiger partial charge >= 0.3 is 5.97 Å². The average Bonchev–Trinajstić information content (AvgIpc) is 2.61. The number of H-pyrrole nitrogens is 1. The molecule has 6 nitrogen and oxygen atoms in total. The Hall–Kier alpha value is -2.81. The number of aromatic nitrogens is 3. The summed E-state index contributed by atoms with van der Waals surface area (Å²) in [6, 6.07) is 9.55. The zero-order valence-electron chi connectivity index (χ0n) is 13.5. The lowest BCUT2D eigenvalue weighted by atomic mass is 10.2. The number of fused-ring (bicyclic) bond motifs is 1. The molecule has 9 heteroatoms. The smallest absolute Gasteiger partial charge is 0.341 e. The third kappa shape index (κ3) is 3.88. The standard InChI is InChI=1S/C17H13F2N3O3S/c1-9(13-21-12-7-3-2-5-10(12)14(23)22-13)25-16(24)11-6-4-8-20-15(11)26-17(18)19/h2-9,17H,1H3,(H,21,22,23)/t9-/m1/s1. The number of thioether (sulfide) groups is 1. The third-order valence-corrected chi connectivity index (χ3v) is 4.22. The maximum atomic E-state index is 12.6. The Kier molecular flexibility index (Phi) is 5.27. The Balaban J connectivity index is 1.85. The Morgan fingerprint density at radius 3 is 2.77 bits per heavy atom. The summed E-state index contributed by atoms with van der Waals surface area (Å²) in [7, 11) is 0. The van der Waals surface area contributed by atoms with Crippen LogP contribution < -0.4 is 5.56 Å². The molecule has 0 spiro atoms. The van der Waals surface area contributed by atoms with Crippen molar-refractivity contribution in [1.29, 1.82) is 0 Å². The van der Waals surface area contributed by atoms with Crippen LogP contribution in [0.15, 0.2) is 52.4 Å². The maximum Gasteiger partial charge on any atom is 0.341 e. The third-order valence-electron chi connectivity index (χ3n) is 3.49. The molecule has 0 aliphatic rings. The molecule has 0 aliphatic carbocycles. The molecule has 0 saturated heterocycles. The van der Waals surface area contributed by atoms with Crippen molar-refractivity contribution in [2.45, 2.75) is 23.8 Å². The lowest BCUT2D eigenvalue weighted by Gasteiger charge is -2.14. The molecule has 134 valence electrons. The molecular weight excluding hydrogens is 364 g/mol. The van der Waals surface area contributed by atoms with Crippen LogP contribution in [-0.4, -0.2) is 26.7 Å². The maximum absolute atomic E-state index is 12.6. The Bertz CT molecular complexity index is 1010. The van der Waals surface area contributed by atoms with Gasteiger partial charge in [0.05, 0.1) is 16.5 Å². The van der Waals surface area contributed by atoms with Gasteiger partial charge in [0, 0.05) is 6.20 Å². The molecule has 0 saturated carbocycles. The molecule has 3 rings (SSSR count). The first-order valence-corrected chi connectivity index (χ1v) is 8.43. The Labute approximate surface area is 150 Å². The Morgan fingerprint density at radius 1 is 1.23 bits per heavy atom. The van der Waals surface area contributed by atoms with E-state index in [1.807, 2.05) is 0 Å². The second kappa shape index (κ2) is 7.61. The summed E-state index contributed by atoms with van der Waals surface area (Å²) in [5.74, 6) is -3.38. The first-order chi connectivity index (χ1) is 12.5. The van der Waals surface area contributed by atoms with Gasteiger partial charge < -0.3 is 9.72 Å². The van der Waals surface area contributed by atoms with Crippen LogP contribution in [0.1, 0.15) is 29.2 Å². The van der Waals surface area contributed by atoms with Gasteiger partial charge in [-0.15, -0.1) is 0 Å². The van der Waals surface area contributed by atoms with E-state index in [9.17, 15) is 18.4 Å². The van der Waals surface area contributed by atoms with Crippen LogP contribution in [0.4, 0.5) is 8.78 Å². The SMILES string of the molecule is C[C@@H](OC(=O)c1cccnc1SC(F)F)c1nc2ccccc2c(=O)[nH]1. The summed E-state index contributed by atoms with van der Waals surface area (Å²) in [6.07, 6.45) is 0.428. The fourth-order valence-corrected chi connectivity index (χ4v) is 2.87. The van der Waals surface area contributed by atoms with Gasteiger partial charge in [-0.2, -0.15) is 8.78 Å². The van der Waals surface area contributed by atoms with Crippen LogP contribution in [0.3, 0.4) is 0 Å². The monoisotopic (exact) mass is 377 g/mol. The number of carbonyl (C=O) groups excluding carboxylic acids is 1. The van der Waals surface area contributed by atoms with E-state index in [0.29, 0.717) is 10.9 Å². The fourth-order valence-electron chi connectivity index (χ4n) is 2.30. The molecule has 0 fully saturated rings. The van der Waals surface area contributed by atoms with Crippen molar-refractivity contribution in [3.05, 3.63) is 64.3 Å². The summed E-state index contributed by atoms with van der Waals surface area (Å²) in [4.78, 5) is 35.1. The molecule has 1 N–H and O–H groups in total. The molecule has 2 heterocycles. The highest BCUT2D eigenvalue weighted by Crippen LogP contribution is 2.27. The fraction of sp³-hybridized carbons (Fsp3) is 0.176. The van der Waals surface area contributed by atoms with Crippen molar-refractivity contribution in [2.24, 2.45) is 0 Å². The molecule has 0 aliphatic heterocycles. The second-order valence-electron chi connectivity index (χ2n) is 5.25. The van der Waals surface area contributed by atoms with Gasteiger partial charge in [-0.1, -0.05) is 12.1 Å². The highest BCUT2D eigenvalue weighted by Gasteiger charge is 2.21. The summed E-state index contributed by atoms with van der Waals surface area (Å²) in [6.45, 7) is 1.53. The normalized spacial score (nSPS) is 12.3. The minimum absolute atomic E-state index is 0.0761. The zero-order valence-corrected chi connectivity index (χ0v) is 14.3. The molecular formula is C17H13F2N3O3S. The number of hydrogen-bond donors (Lipinski definition) is 1. The molecule has 26 heavy (non-hydrogen) atoms. The number of ether oxygens (including phenoxy) is 1. The van der Waals surface area contributed by atoms with Gasteiger partial charge in [-0.3, -0.25) is 4.79 Å². The van der Waals surface area contributed by atoms with Crippen molar-refractivity contribution in [3.8, 4) is 0 Å². The van der Waals surface area contributed by atoms with E-state index in [1.165, 1.54) is 25.3 Å². The summed E-state index contributed by atoms with van der Waals surface area (Å²) in [5, 5.41) is 0.289. The van der Waals surface area contributed by atoms with Crippen LogP contribution in [0.25, 0.3) is 10.9 Å².